The third-order valence-corrected chi connectivity index (χ3v) is 11.1. The van der Waals surface area contributed by atoms with Crippen molar-refractivity contribution in [3.05, 3.63) is 97.2 Å². The number of esters is 3. The van der Waals surface area contributed by atoms with Crippen molar-refractivity contribution in [2.75, 3.05) is 13.2 Å². The molecule has 1 aliphatic heterocycles. The average Bonchev–Trinajstić information content (AvgIpc) is 3.33. The predicted molar refractivity (Wildman–Crippen MR) is 275 cm³/mol. The molecule has 0 aliphatic carbocycles. The molecule has 1 heterocycles. The minimum atomic E-state index is -1.93. The van der Waals surface area contributed by atoms with Crippen LogP contribution in [0.4, 0.5) is 0 Å². The van der Waals surface area contributed by atoms with E-state index in [4.69, 9.17) is 23.7 Å². The van der Waals surface area contributed by atoms with E-state index in [1.807, 2.05) is 18.2 Å². The van der Waals surface area contributed by atoms with E-state index in [1.54, 1.807) is 0 Å². The molecule has 12 nitrogen and oxygen atoms in total. The van der Waals surface area contributed by atoms with Crippen LogP contribution in [0.25, 0.3) is 0 Å². The zero-order chi connectivity index (χ0) is 50.4. The summed E-state index contributed by atoms with van der Waals surface area (Å²) in [5.41, 5.74) is 0. The fourth-order valence-corrected chi connectivity index (χ4v) is 7.15. The van der Waals surface area contributed by atoms with Gasteiger partial charge in [-0.2, -0.15) is 0 Å². The minimum absolute atomic E-state index is 0.0687. The van der Waals surface area contributed by atoms with E-state index in [0.717, 1.165) is 96.3 Å². The SMILES string of the molecule is CC/C=C\C/C=C\C/C=C\C/C=C\CCC(=O)OC1C(OCC(COC(=O)CCCCC/C=C\C/C=C\C/C=C\CC)OC(=O)CCCCCCC/C=C\CCCCCC)OC(C(=O)O)C(O)C1O. The lowest BCUT2D eigenvalue weighted by molar-refractivity contribution is -0.301. The summed E-state index contributed by atoms with van der Waals surface area (Å²) in [6, 6.07) is 0. The lowest BCUT2D eigenvalue weighted by atomic mass is 9.98. The van der Waals surface area contributed by atoms with Crippen LogP contribution < -0.4 is 0 Å². The largest absolute Gasteiger partial charge is 0.479 e. The lowest BCUT2D eigenvalue weighted by Gasteiger charge is -2.40. The van der Waals surface area contributed by atoms with Gasteiger partial charge in [0.05, 0.1) is 6.61 Å². The summed E-state index contributed by atoms with van der Waals surface area (Å²) in [5.74, 6) is -3.29. The maximum atomic E-state index is 13.1. The van der Waals surface area contributed by atoms with Gasteiger partial charge in [0, 0.05) is 19.3 Å². The third kappa shape index (κ3) is 35.4. The molecule has 0 radical (unpaired) electrons. The van der Waals surface area contributed by atoms with Gasteiger partial charge in [-0.3, -0.25) is 14.4 Å². The zero-order valence-electron chi connectivity index (χ0n) is 42.5. The number of carbonyl (C=O) groups excluding carboxylic acids is 3. The predicted octanol–water partition coefficient (Wildman–Crippen LogP) is 12.6. The monoisotopic (exact) mass is 967 g/mol. The van der Waals surface area contributed by atoms with Crippen LogP contribution in [0.15, 0.2) is 97.2 Å². The second-order valence-corrected chi connectivity index (χ2v) is 17.4. The quantitative estimate of drug-likeness (QED) is 0.0229. The van der Waals surface area contributed by atoms with Crippen molar-refractivity contribution >= 4 is 23.9 Å². The smallest absolute Gasteiger partial charge is 0.335 e. The number of hydrogen-bond acceptors (Lipinski definition) is 11. The van der Waals surface area contributed by atoms with Gasteiger partial charge in [0.15, 0.2) is 24.6 Å². The summed E-state index contributed by atoms with van der Waals surface area (Å²) < 4.78 is 28.2. The molecule has 0 aromatic heterocycles. The molecule has 6 atom stereocenters. The molecule has 1 aliphatic rings. The highest BCUT2D eigenvalue weighted by molar-refractivity contribution is 5.74. The van der Waals surface area contributed by atoms with Crippen LogP contribution in [0.2, 0.25) is 0 Å². The van der Waals surface area contributed by atoms with Gasteiger partial charge in [0.25, 0.3) is 0 Å². The highest BCUT2D eigenvalue weighted by atomic mass is 16.7. The minimum Gasteiger partial charge on any atom is -0.479 e. The summed E-state index contributed by atoms with van der Waals surface area (Å²) in [4.78, 5) is 50.8. The number of rotatable bonds is 42. The van der Waals surface area contributed by atoms with Crippen molar-refractivity contribution in [1.29, 1.82) is 0 Å². The summed E-state index contributed by atoms with van der Waals surface area (Å²) in [7, 11) is 0. The molecule has 12 heteroatoms. The van der Waals surface area contributed by atoms with E-state index in [-0.39, 0.29) is 25.9 Å². The normalized spacial score (nSPS) is 19.5. The molecule has 0 saturated carbocycles. The number of carboxylic acids is 1. The molecule has 0 aromatic carbocycles. The number of unbranched alkanes of at least 4 members (excludes halogenated alkanes) is 12. The lowest BCUT2D eigenvalue weighted by Crippen LogP contribution is -2.61. The van der Waals surface area contributed by atoms with Gasteiger partial charge in [-0.25, -0.2) is 4.79 Å². The van der Waals surface area contributed by atoms with Crippen LogP contribution in [-0.4, -0.2) is 89.2 Å². The first-order valence-corrected chi connectivity index (χ1v) is 26.2. The molecular formula is C57H90O12. The molecule has 6 unspecified atom stereocenters. The number of aliphatic hydroxyl groups is 2. The van der Waals surface area contributed by atoms with Crippen LogP contribution in [0.1, 0.15) is 188 Å². The maximum Gasteiger partial charge on any atom is 0.335 e. The number of allylic oxidation sites excluding steroid dienone is 16. The van der Waals surface area contributed by atoms with E-state index < -0.39 is 67.3 Å². The van der Waals surface area contributed by atoms with Gasteiger partial charge in [0.1, 0.15) is 18.8 Å². The fraction of sp³-hybridized carbons (Fsp3) is 0.649. The summed E-state index contributed by atoms with van der Waals surface area (Å²) in [6.45, 7) is 5.64. The van der Waals surface area contributed by atoms with Crippen molar-refractivity contribution in [2.45, 2.75) is 225 Å². The Kier molecular flexibility index (Phi) is 40.7. The highest BCUT2D eigenvalue weighted by Crippen LogP contribution is 2.26. The van der Waals surface area contributed by atoms with Crippen molar-refractivity contribution in [1.82, 2.24) is 0 Å². The van der Waals surface area contributed by atoms with Crippen molar-refractivity contribution in [3.8, 4) is 0 Å². The van der Waals surface area contributed by atoms with Crippen LogP contribution >= 0.6 is 0 Å². The van der Waals surface area contributed by atoms with Gasteiger partial charge in [0.2, 0.25) is 0 Å². The second kappa shape index (κ2) is 44.8. The number of carboxylic acid groups (broad SMARTS) is 1. The van der Waals surface area contributed by atoms with E-state index in [0.29, 0.717) is 25.7 Å². The molecule has 1 rings (SSSR count). The molecule has 0 amide bonds. The molecule has 1 saturated heterocycles. The first-order valence-electron chi connectivity index (χ1n) is 26.2. The molecular weight excluding hydrogens is 877 g/mol. The molecule has 0 aromatic rings. The summed E-state index contributed by atoms with van der Waals surface area (Å²) >= 11 is 0. The summed E-state index contributed by atoms with van der Waals surface area (Å²) in [5, 5.41) is 31.3. The Morgan fingerprint density at radius 2 is 0.942 bits per heavy atom. The molecule has 69 heavy (non-hydrogen) atoms. The van der Waals surface area contributed by atoms with Gasteiger partial charge < -0.3 is 39.0 Å². The Bertz CT molecular complexity index is 1570. The van der Waals surface area contributed by atoms with E-state index >= 15 is 0 Å². The van der Waals surface area contributed by atoms with Crippen molar-refractivity contribution < 1.29 is 58.2 Å². The molecule has 1 fully saturated rings. The topological polar surface area (TPSA) is 175 Å². The molecule has 0 bridgehead atoms. The maximum absolute atomic E-state index is 13.1. The highest BCUT2D eigenvalue weighted by Gasteiger charge is 2.50. The number of hydrogen-bond donors (Lipinski definition) is 3. The number of aliphatic hydroxyl groups excluding tert-OH is 2. The van der Waals surface area contributed by atoms with E-state index in [9.17, 15) is 34.5 Å². The van der Waals surface area contributed by atoms with Gasteiger partial charge in [-0.1, -0.05) is 163 Å². The van der Waals surface area contributed by atoms with Crippen molar-refractivity contribution in [2.24, 2.45) is 0 Å². The zero-order valence-corrected chi connectivity index (χ0v) is 42.5. The first-order chi connectivity index (χ1) is 33.6. The van der Waals surface area contributed by atoms with Crippen LogP contribution in [0.3, 0.4) is 0 Å². The molecule has 3 N–H and O–H groups in total. The average molecular weight is 967 g/mol. The Hall–Kier alpha value is -4.36. The number of aliphatic carboxylic acids is 1. The number of carbonyl (C=O) groups is 4. The molecule has 390 valence electrons. The van der Waals surface area contributed by atoms with E-state index in [2.05, 4.69) is 99.8 Å². The number of ether oxygens (including phenoxy) is 5. The first kappa shape index (κ1) is 62.7. The van der Waals surface area contributed by atoms with Gasteiger partial charge >= 0.3 is 23.9 Å². The van der Waals surface area contributed by atoms with E-state index in [1.165, 1.54) is 25.7 Å². The third-order valence-electron chi connectivity index (χ3n) is 11.1. The standard InChI is InChI=1S/C57H90O12/c1-4-7-10-13-16-19-22-25-28-31-34-37-40-43-49(58)65-46-48(67-50(59)44-41-38-35-32-29-26-23-20-17-14-11-8-5-2)47-66-57-55(53(62)52(61)54(69-57)56(63)64)68-51(60)45-42-39-36-33-30-27-24-21-18-15-12-9-6-3/h7,9-10,12,16,18-21,23,25,27-28,30,36,39,48,52-55,57,61-62H,4-6,8,11,13-15,17,22,24,26,29,31-35,37-38,40-47H2,1-3H3,(H,63,64)/b10-7-,12-9-,19-16-,21-18-,23-20-,28-25-,30-27-,39-36-. The fourth-order valence-electron chi connectivity index (χ4n) is 7.15. The van der Waals surface area contributed by atoms with Crippen LogP contribution in [-0.2, 0) is 42.9 Å². The van der Waals surface area contributed by atoms with Gasteiger partial charge in [-0.15, -0.1) is 0 Å². The molecule has 0 spiro atoms. The summed E-state index contributed by atoms with van der Waals surface area (Å²) in [6.07, 6.45) is 45.6. The second-order valence-electron chi connectivity index (χ2n) is 17.4. The van der Waals surface area contributed by atoms with Gasteiger partial charge in [-0.05, 0) is 103 Å². The Morgan fingerprint density at radius 1 is 0.493 bits per heavy atom. The van der Waals surface area contributed by atoms with Crippen LogP contribution in [0.5, 0.6) is 0 Å². The van der Waals surface area contributed by atoms with Crippen LogP contribution in [0, 0.1) is 0 Å². The Morgan fingerprint density at radius 3 is 1.48 bits per heavy atom. The van der Waals surface area contributed by atoms with Crippen molar-refractivity contribution in [3.63, 3.8) is 0 Å². The Balaban J connectivity index is 2.81. The Labute approximate surface area is 415 Å².